The molecule has 2 unspecified atom stereocenters. The molecule has 4 nitrogen and oxygen atoms in total. The van der Waals surface area contributed by atoms with Gasteiger partial charge in [0, 0.05) is 30.7 Å². The van der Waals surface area contributed by atoms with E-state index in [4.69, 9.17) is 4.98 Å². The van der Waals surface area contributed by atoms with Crippen molar-refractivity contribution >= 4 is 22.1 Å². The van der Waals surface area contributed by atoms with E-state index in [1.165, 1.54) is 50.2 Å². The van der Waals surface area contributed by atoms with E-state index in [0.717, 1.165) is 30.0 Å². The molecule has 2 fully saturated rings. The zero-order valence-electron chi connectivity index (χ0n) is 12.7. The van der Waals surface area contributed by atoms with Crippen molar-refractivity contribution < 1.29 is 0 Å². The van der Waals surface area contributed by atoms with Crippen LogP contribution in [0.5, 0.6) is 0 Å². The van der Waals surface area contributed by atoms with Crippen LogP contribution in [0.15, 0.2) is 11.6 Å². The highest BCUT2D eigenvalue weighted by Crippen LogP contribution is 2.40. The molecule has 21 heavy (non-hydrogen) atoms. The van der Waals surface area contributed by atoms with Gasteiger partial charge in [0.25, 0.3) is 0 Å². The molecule has 2 aliphatic rings. The van der Waals surface area contributed by atoms with Crippen molar-refractivity contribution in [2.45, 2.75) is 51.6 Å². The maximum absolute atomic E-state index is 4.97. The summed E-state index contributed by atoms with van der Waals surface area (Å²) in [6.07, 6.45) is 9.12. The number of imidazole rings is 1. The summed E-state index contributed by atoms with van der Waals surface area (Å²) in [5.74, 6) is 2.16. The Balaban J connectivity index is 1.70. The predicted octanol–water partition coefficient (Wildman–Crippen LogP) is 3.27. The number of hydrogen-bond donors (Lipinski definition) is 1. The normalized spacial score (nSPS) is 25.7. The molecule has 0 radical (unpaired) electrons. The number of nitrogens with one attached hydrogen (secondary N) is 1. The minimum atomic E-state index is 0.740. The van der Waals surface area contributed by atoms with Gasteiger partial charge in [-0.05, 0) is 31.7 Å². The molecule has 1 N–H and O–H groups in total. The zero-order valence-corrected chi connectivity index (χ0v) is 13.5. The average Bonchev–Trinajstić information content (AvgIpc) is 3.18. The van der Waals surface area contributed by atoms with E-state index in [0.29, 0.717) is 0 Å². The summed E-state index contributed by atoms with van der Waals surface area (Å²) >= 11 is 1.74. The fourth-order valence-electron chi connectivity index (χ4n) is 4.13. The van der Waals surface area contributed by atoms with Gasteiger partial charge in [0.2, 0.25) is 0 Å². The molecule has 0 amide bonds. The van der Waals surface area contributed by atoms with Gasteiger partial charge in [-0.2, -0.15) is 0 Å². The van der Waals surface area contributed by atoms with Gasteiger partial charge in [-0.25, -0.2) is 4.98 Å². The van der Waals surface area contributed by atoms with E-state index < -0.39 is 0 Å². The van der Waals surface area contributed by atoms with Crippen LogP contribution in [0.2, 0.25) is 0 Å². The first-order valence-electron chi connectivity index (χ1n) is 8.30. The van der Waals surface area contributed by atoms with Crippen LogP contribution < -0.4 is 10.2 Å². The number of aromatic nitrogens is 2. The van der Waals surface area contributed by atoms with Crippen molar-refractivity contribution in [2.75, 3.05) is 18.0 Å². The molecule has 4 rings (SSSR count). The maximum atomic E-state index is 4.97. The number of rotatable bonds is 4. The second-order valence-electron chi connectivity index (χ2n) is 6.31. The van der Waals surface area contributed by atoms with Crippen molar-refractivity contribution in [3.63, 3.8) is 0 Å². The van der Waals surface area contributed by atoms with E-state index in [9.17, 15) is 0 Å². The second kappa shape index (κ2) is 5.61. The van der Waals surface area contributed by atoms with Gasteiger partial charge >= 0.3 is 0 Å². The molecule has 1 aliphatic heterocycles. The van der Waals surface area contributed by atoms with Gasteiger partial charge in [-0.3, -0.25) is 4.40 Å². The summed E-state index contributed by atoms with van der Waals surface area (Å²) in [5, 5.41) is 5.62. The highest BCUT2D eigenvalue weighted by molar-refractivity contribution is 7.15. The fraction of sp³-hybridized carbons (Fsp3) is 0.688. The molecule has 3 heterocycles. The number of fused-ring (bicyclic) bond motifs is 2. The van der Waals surface area contributed by atoms with Gasteiger partial charge in [0.15, 0.2) is 10.8 Å². The largest absolute Gasteiger partial charge is 0.352 e. The highest BCUT2D eigenvalue weighted by atomic mass is 32.1. The lowest BCUT2D eigenvalue weighted by Crippen LogP contribution is -2.35. The van der Waals surface area contributed by atoms with E-state index in [2.05, 4.69) is 33.1 Å². The zero-order chi connectivity index (χ0) is 14.2. The molecule has 2 aromatic rings. The second-order valence-corrected chi connectivity index (χ2v) is 7.18. The number of nitrogens with zero attached hydrogens (tertiary/aromatic N) is 3. The third-order valence-corrected chi connectivity index (χ3v) is 5.92. The van der Waals surface area contributed by atoms with Crippen molar-refractivity contribution in [3.8, 4) is 0 Å². The topological polar surface area (TPSA) is 32.6 Å². The lowest BCUT2D eigenvalue weighted by molar-refractivity contribution is 0.341. The Morgan fingerprint density at radius 1 is 1.33 bits per heavy atom. The molecule has 2 atom stereocenters. The summed E-state index contributed by atoms with van der Waals surface area (Å²) in [6, 6.07) is 0.740. The summed E-state index contributed by atoms with van der Waals surface area (Å²) in [5.41, 5.74) is 1.35. The first-order chi connectivity index (χ1) is 10.4. The first-order valence-corrected chi connectivity index (χ1v) is 9.18. The number of hydrogen-bond acceptors (Lipinski definition) is 4. The SMILES string of the molecule is CCNCc1c(N2CCC3CCCCC32)nc2sccn12. The van der Waals surface area contributed by atoms with Gasteiger partial charge in [0.1, 0.15) is 0 Å². The number of thiazole rings is 1. The van der Waals surface area contributed by atoms with Crippen molar-refractivity contribution in [3.05, 3.63) is 17.3 Å². The van der Waals surface area contributed by atoms with Gasteiger partial charge in [-0.1, -0.05) is 19.8 Å². The van der Waals surface area contributed by atoms with Crippen LogP contribution in [-0.2, 0) is 6.54 Å². The predicted molar refractivity (Wildman–Crippen MR) is 88.2 cm³/mol. The molecule has 1 saturated carbocycles. The summed E-state index contributed by atoms with van der Waals surface area (Å²) < 4.78 is 2.28. The lowest BCUT2D eigenvalue weighted by Gasteiger charge is -2.32. The van der Waals surface area contributed by atoms with E-state index in [1.54, 1.807) is 11.3 Å². The average molecular weight is 304 g/mol. The Hall–Kier alpha value is -1.07. The van der Waals surface area contributed by atoms with Crippen LogP contribution >= 0.6 is 11.3 Å². The summed E-state index contributed by atoms with van der Waals surface area (Å²) in [6.45, 7) is 5.28. The maximum Gasteiger partial charge on any atom is 0.195 e. The van der Waals surface area contributed by atoms with Crippen molar-refractivity contribution in [1.82, 2.24) is 14.7 Å². The summed E-state index contributed by atoms with van der Waals surface area (Å²) in [7, 11) is 0. The third kappa shape index (κ3) is 2.27. The molecule has 114 valence electrons. The Labute approximate surface area is 130 Å². The minimum Gasteiger partial charge on any atom is -0.352 e. The Morgan fingerprint density at radius 3 is 3.14 bits per heavy atom. The molecule has 2 aromatic heterocycles. The Morgan fingerprint density at radius 2 is 2.24 bits per heavy atom. The molecule has 1 saturated heterocycles. The molecule has 5 heteroatoms. The van der Waals surface area contributed by atoms with Crippen molar-refractivity contribution in [2.24, 2.45) is 5.92 Å². The van der Waals surface area contributed by atoms with E-state index in [-0.39, 0.29) is 0 Å². The molecular weight excluding hydrogens is 280 g/mol. The van der Waals surface area contributed by atoms with Gasteiger partial charge in [0.05, 0.1) is 5.69 Å². The van der Waals surface area contributed by atoms with Crippen LogP contribution in [0.25, 0.3) is 4.96 Å². The standard InChI is InChI=1S/C16H24N4S/c1-2-17-11-14-15(18-16-20(14)9-10-21-16)19-8-7-12-5-3-4-6-13(12)19/h9-10,12-13,17H,2-8,11H2,1H3. The Bertz CT molecular complexity index is 617. The van der Waals surface area contributed by atoms with Crippen LogP contribution in [0.1, 0.15) is 44.7 Å². The van der Waals surface area contributed by atoms with E-state index >= 15 is 0 Å². The highest BCUT2D eigenvalue weighted by Gasteiger charge is 2.37. The molecule has 1 aliphatic carbocycles. The monoisotopic (exact) mass is 304 g/mol. The minimum absolute atomic E-state index is 0.740. The molecule has 0 aromatic carbocycles. The molecule has 0 spiro atoms. The number of anilines is 1. The first kappa shape index (κ1) is 13.6. The smallest absolute Gasteiger partial charge is 0.195 e. The van der Waals surface area contributed by atoms with Crippen LogP contribution in [0, 0.1) is 5.92 Å². The molecular formula is C16H24N4S. The fourth-order valence-corrected chi connectivity index (χ4v) is 4.86. The summed E-state index contributed by atoms with van der Waals surface area (Å²) in [4.78, 5) is 8.72. The van der Waals surface area contributed by atoms with Gasteiger partial charge < -0.3 is 10.2 Å². The quantitative estimate of drug-likeness (QED) is 0.941. The molecule has 0 bridgehead atoms. The van der Waals surface area contributed by atoms with Crippen LogP contribution in [0.4, 0.5) is 5.82 Å². The van der Waals surface area contributed by atoms with E-state index in [1.807, 2.05) is 0 Å². The van der Waals surface area contributed by atoms with Crippen molar-refractivity contribution in [1.29, 1.82) is 0 Å². The van der Waals surface area contributed by atoms with Gasteiger partial charge in [-0.15, -0.1) is 11.3 Å². The Kier molecular flexibility index (Phi) is 3.63. The lowest BCUT2D eigenvalue weighted by atomic mass is 9.85. The van der Waals surface area contributed by atoms with Crippen LogP contribution in [0.3, 0.4) is 0 Å². The third-order valence-electron chi connectivity index (χ3n) is 5.16. The van der Waals surface area contributed by atoms with Crippen LogP contribution in [-0.4, -0.2) is 28.5 Å².